The van der Waals surface area contributed by atoms with Crippen molar-refractivity contribution in [3.05, 3.63) is 27.3 Å². The van der Waals surface area contributed by atoms with Crippen molar-refractivity contribution in [1.29, 1.82) is 0 Å². The molecule has 1 amide bonds. The summed E-state index contributed by atoms with van der Waals surface area (Å²) in [5, 5.41) is 16.1. The van der Waals surface area contributed by atoms with Crippen molar-refractivity contribution in [2.45, 2.75) is 90.3 Å². The Balaban J connectivity index is 2.02. The van der Waals surface area contributed by atoms with Gasteiger partial charge in [-0.3, -0.25) is 10.1 Å². The summed E-state index contributed by atoms with van der Waals surface area (Å²) < 4.78 is 13.0. The largest absolute Gasteiger partial charge is 0.444 e. The van der Waals surface area contributed by atoms with Gasteiger partial charge < -0.3 is 24.3 Å². The Hall–Kier alpha value is -2.28. The average Bonchev–Trinajstić information content (AvgIpc) is 3.31. The Morgan fingerprint density at radius 1 is 1.26 bits per heavy atom. The summed E-state index contributed by atoms with van der Waals surface area (Å²) in [6.07, 6.45) is 0.0823. The number of carbonyl (C=O) groups is 1. The van der Waals surface area contributed by atoms with Gasteiger partial charge in [0.05, 0.1) is 28.3 Å². The molecule has 10 nitrogen and oxygen atoms in total. The third kappa shape index (κ3) is 7.22. The summed E-state index contributed by atoms with van der Waals surface area (Å²) in [7, 11) is 1.85. The number of alkyl carbamates (subject to hydrolysis) is 1. The molecule has 1 fully saturated rings. The molecule has 0 spiro atoms. The van der Waals surface area contributed by atoms with Crippen LogP contribution in [0.3, 0.4) is 0 Å². The van der Waals surface area contributed by atoms with Gasteiger partial charge in [0.25, 0.3) is 5.69 Å². The molecule has 1 aromatic carbocycles. The van der Waals surface area contributed by atoms with E-state index in [9.17, 15) is 14.9 Å². The highest BCUT2D eigenvalue weighted by Crippen LogP contribution is 2.42. The van der Waals surface area contributed by atoms with E-state index >= 15 is 0 Å². The number of nitro groups is 1. The number of hydrogen-bond acceptors (Lipinski definition) is 9. The smallest absolute Gasteiger partial charge is 0.407 e. The first-order valence-corrected chi connectivity index (χ1v) is 16.7. The molecule has 1 aliphatic rings. The third-order valence-corrected chi connectivity index (χ3v) is 12.6. The predicted octanol–water partition coefficient (Wildman–Crippen LogP) is 5.76. The summed E-state index contributed by atoms with van der Waals surface area (Å²) in [6.45, 7) is 17.9. The Labute approximate surface area is 231 Å². The van der Waals surface area contributed by atoms with Gasteiger partial charge in [0.2, 0.25) is 0 Å². The van der Waals surface area contributed by atoms with Crippen LogP contribution in [-0.2, 0) is 15.7 Å². The van der Waals surface area contributed by atoms with Gasteiger partial charge in [-0.25, -0.2) is 9.78 Å². The number of amides is 1. The third-order valence-electron chi connectivity index (χ3n) is 7.07. The molecule has 1 N–H and O–H groups in total. The number of nitrogens with one attached hydrogen (secondary N) is 1. The summed E-state index contributed by atoms with van der Waals surface area (Å²) in [4.78, 5) is 33.4. The van der Waals surface area contributed by atoms with E-state index in [1.807, 2.05) is 44.7 Å². The molecular formula is C26H43N5O5SSi. The van der Waals surface area contributed by atoms with Crippen LogP contribution < -0.4 is 10.2 Å². The molecule has 1 saturated heterocycles. The first kappa shape index (κ1) is 30.3. The van der Waals surface area contributed by atoms with Crippen molar-refractivity contribution in [2.75, 3.05) is 32.1 Å². The van der Waals surface area contributed by atoms with Gasteiger partial charge in [-0.15, -0.1) is 11.3 Å². The zero-order chi connectivity index (χ0) is 28.6. The fraction of sp³-hybridized carbons (Fsp3) is 0.692. The van der Waals surface area contributed by atoms with Crippen LogP contribution in [0.4, 0.5) is 16.2 Å². The van der Waals surface area contributed by atoms with E-state index in [1.54, 1.807) is 23.5 Å². The molecule has 212 valence electrons. The number of aromatic nitrogens is 1. The first-order chi connectivity index (χ1) is 17.4. The zero-order valence-corrected chi connectivity index (χ0v) is 26.2. The van der Waals surface area contributed by atoms with E-state index in [0.29, 0.717) is 37.3 Å². The lowest BCUT2D eigenvalue weighted by Crippen LogP contribution is -2.45. The molecule has 0 bridgehead atoms. The molecular weight excluding hydrogens is 522 g/mol. The highest BCUT2D eigenvalue weighted by atomic mass is 32.1. The van der Waals surface area contributed by atoms with Crippen LogP contribution >= 0.6 is 11.3 Å². The number of ether oxygens (including phenoxy) is 1. The standard InChI is InChI=1S/C26H43N5O5SSi/c1-25(2,3)36-24(32)27-17-13-18(16-35-38(9,10)26(4,5)6)30(14-17)23-19(31(33)34)11-12-20-22(23)28-21(37-20)15-29(7)8/h11-12,17-18H,13-16H2,1-10H3,(H,27,32)/t17-,18+/m1/s1. The average molecular weight is 566 g/mol. The minimum absolute atomic E-state index is 0.00875. The summed E-state index contributed by atoms with van der Waals surface area (Å²) in [5.74, 6) is 0. The Morgan fingerprint density at radius 2 is 1.92 bits per heavy atom. The van der Waals surface area contributed by atoms with Crippen molar-refractivity contribution >= 4 is 47.3 Å². The van der Waals surface area contributed by atoms with Crippen LogP contribution in [0.25, 0.3) is 10.2 Å². The maximum Gasteiger partial charge on any atom is 0.407 e. The van der Waals surface area contributed by atoms with Crippen LogP contribution in [0, 0.1) is 10.1 Å². The number of thiazole rings is 1. The summed E-state index contributed by atoms with van der Waals surface area (Å²) >= 11 is 1.54. The number of hydrogen-bond donors (Lipinski definition) is 1. The van der Waals surface area contributed by atoms with Gasteiger partial charge in [-0.1, -0.05) is 20.8 Å². The maximum absolute atomic E-state index is 12.6. The number of fused-ring (bicyclic) bond motifs is 1. The molecule has 0 unspecified atom stereocenters. The lowest BCUT2D eigenvalue weighted by Gasteiger charge is -2.38. The van der Waals surface area contributed by atoms with Crippen molar-refractivity contribution in [3.63, 3.8) is 0 Å². The molecule has 0 aliphatic carbocycles. The Bertz CT molecular complexity index is 1170. The van der Waals surface area contributed by atoms with Crippen molar-refractivity contribution < 1.29 is 18.9 Å². The minimum Gasteiger partial charge on any atom is -0.444 e. The second-order valence-electron chi connectivity index (χ2n) is 12.8. The number of rotatable bonds is 8. The SMILES string of the molecule is CN(C)Cc1nc2c(N3C[C@H](NC(=O)OC(C)(C)C)C[C@H]3CO[Si](C)(C)C(C)(C)C)c([N+](=O)[O-])ccc2s1. The van der Waals surface area contributed by atoms with Gasteiger partial charge in [-0.2, -0.15) is 0 Å². The van der Waals surface area contributed by atoms with Crippen LogP contribution in [0.2, 0.25) is 18.1 Å². The normalized spacial score (nSPS) is 18.9. The monoisotopic (exact) mass is 565 g/mol. The van der Waals surface area contributed by atoms with Gasteiger partial charge in [0.15, 0.2) is 8.32 Å². The van der Waals surface area contributed by atoms with E-state index in [1.165, 1.54) is 0 Å². The number of benzene rings is 1. The molecule has 2 atom stereocenters. The number of nitrogens with zero attached hydrogens (tertiary/aromatic N) is 4. The summed E-state index contributed by atoms with van der Waals surface area (Å²) in [5.41, 5.74) is 0.498. The van der Waals surface area contributed by atoms with E-state index in [-0.39, 0.29) is 27.7 Å². The molecule has 0 saturated carbocycles. The van der Waals surface area contributed by atoms with Crippen molar-refractivity contribution in [3.8, 4) is 0 Å². The van der Waals surface area contributed by atoms with Crippen LogP contribution in [-0.4, -0.2) is 74.1 Å². The Kier molecular flexibility index (Phi) is 8.81. The van der Waals surface area contributed by atoms with Crippen LogP contribution in [0.1, 0.15) is 53.0 Å². The highest BCUT2D eigenvalue weighted by molar-refractivity contribution is 7.18. The quantitative estimate of drug-likeness (QED) is 0.244. The zero-order valence-electron chi connectivity index (χ0n) is 24.4. The second-order valence-corrected chi connectivity index (χ2v) is 18.8. The molecule has 38 heavy (non-hydrogen) atoms. The number of nitro benzene ring substituents is 1. The predicted molar refractivity (Wildman–Crippen MR) is 156 cm³/mol. The fourth-order valence-corrected chi connectivity index (χ4v) is 6.36. The molecule has 3 rings (SSSR count). The van der Waals surface area contributed by atoms with Gasteiger partial charge >= 0.3 is 6.09 Å². The van der Waals surface area contributed by atoms with E-state index in [0.717, 1.165) is 9.71 Å². The lowest BCUT2D eigenvalue weighted by molar-refractivity contribution is -0.384. The van der Waals surface area contributed by atoms with Gasteiger partial charge in [0, 0.05) is 19.2 Å². The molecule has 1 aliphatic heterocycles. The number of carbonyl (C=O) groups excluding carboxylic acids is 1. The number of anilines is 1. The topological polar surface area (TPSA) is 110 Å². The van der Waals surface area contributed by atoms with E-state index in [2.05, 4.69) is 39.2 Å². The Morgan fingerprint density at radius 3 is 2.47 bits per heavy atom. The molecule has 2 heterocycles. The van der Waals surface area contributed by atoms with Crippen LogP contribution in [0.5, 0.6) is 0 Å². The maximum atomic E-state index is 12.6. The highest BCUT2D eigenvalue weighted by Gasteiger charge is 2.42. The minimum atomic E-state index is -2.08. The summed E-state index contributed by atoms with van der Waals surface area (Å²) in [6, 6.07) is 2.91. The first-order valence-electron chi connectivity index (χ1n) is 13.0. The van der Waals surface area contributed by atoms with Gasteiger partial charge in [0.1, 0.15) is 21.8 Å². The van der Waals surface area contributed by atoms with Crippen molar-refractivity contribution in [2.24, 2.45) is 0 Å². The molecule has 0 radical (unpaired) electrons. The van der Waals surface area contributed by atoms with Crippen LogP contribution in [0.15, 0.2) is 12.1 Å². The molecule has 2 aromatic rings. The molecule has 12 heteroatoms. The van der Waals surface area contributed by atoms with E-state index in [4.69, 9.17) is 14.1 Å². The second kappa shape index (κ2) is 11.1. The fourth-order valence-electron chi connectivity index (χ4n) is 4.23. The lowest BCUT2D eigenvalue weighted by atomic mass is 10.1. The van der Waals surface area contributed by atoms with Crippen molar-refractivity contribution in [1.82, 2.24) is 15.2 Å². The van der Waals surface area contributed by atoms with E-state index < -0.39 is 20.0 Å². The van der Waals surface area contributed by atoms with Gasteiger partial charge in [-0.05, 0) is 65.5 Å². The molecule has 1 aromatic heterocycles.